The Hall–Kier alpha value is -2.47. The van der Waals surface area contributed by atoms with E-state index >= 15 is 0 Å². The number of anilines is 1. The Labute approximate surface area is 183 Å². The molecule has 0 radical (unpaired) electrons. The second kappa shape index (κ2) is 9.56. The summed E-state index contributed by atoms with van der Waals surface area (Å²) >= 11 is 1.68. The van der Waals surface area contributed by atoms with E-state index in [1.54, 1.807) is 48.0 Å². The lowest BCUT2D eigenvalue weighted by molar-refractivity contribution is -0.119. The second-order valence-electron chi connectivity index (χ2n) is 8.16. The smallest absolute Gasteiger partial charge is 0.255 e. The van der Waals surface area contributed by atoms with Crippen molar-refractivity contribution in [3.05, 3.63) is 59.2 Å². The van der Waals surface area contributed by atoms with E-state index in [0.717, 1.165) is 17.7 Å². The Morgan fingerprint density at radius 1 is 1.13 bits per heavy atom. The van der Waals surface area contributed by atoms with Crippen molar-refractivity contribution in [1.82, 2.24) is 4.90 Å². The minimum Gasteiger partial charge on any atom is -0.497 e. The Balaban J connectivity index is 1.84. The molecule has 1 N–H and O–H groups in total. The molecule has 0 spiro atoms. The Morgan fingerprint density at radius 3 is 2.43 bits per heavy atom. The SMILES string of the molecule is COc1ccc(C(=O)N2C(CC(C)C)SCC2C(=O)Nc2ccc(C)c(C)c2)cc1. The van der Waals surface area contributed by atoms with E-state index in [-0.39, 0.29) is 17.2 Å². The van der Waals surface area contributed by atoms with Crippen LogP contribution in [-0.4, -0.2) is 41.0 Å². The fourth-order valence-electron chi connectivity index (χ4n) is 3.55. The van der Waals surface area contributed by atoms with Crippen molar-refractivity contribution in [3.63, 3.8) is 0 Å². The number of thioether (sulfide) groups is 1. The van der Waals surface area contributed by atoms with Crippen LogP contribution in [0.1, 0.15) is 41.8 Å². The molecule has 2 amide bonds. The molecule has 2 aromatic rings. The number of hydrogen-bond acceptors (Lipinski definition) is 4. The Kier molecular flexibility index (Phi) is 7.08. The van der Waals surface area contributed by atoms with Crippen LogP contribution in [0.4, 0.5) is 5.69 Å². The van der Waals surface area contributed by atoms with Gasteiger partial charge in [-0.2, -0.15) is 0 Å². The van der Waals surface area contributed by atoms with E-state index in [2.05, 4.69) is 19.2 Å². The van der Waals surface area contributed by atoms with Crippen LogP contribution in [0.25, 0.3) is 0 Å². The first-order chi connectivity index (χ1) is 14.3. The van der Waals surface area contributed by atoms with Crippen molar-refractivity contribution >= 4 is 29.3 Å². The van der Waals surface area contributed by atoms with Crippen LogP contribution >= 0.6 is 11.8 Å². The number of nitrogens with one attached hydrogen (secondary N) is 1. The van der Waals surface area contributed by atoms with Crippen molar-refractivity contribution in [1.29, 1.82) is 0 Å². The number of hydrogen-bond donors (Lipinski definition) is 1. The Bertz CT molecular complexity index is 911. The third-order valence-corrected chi connectivity index (χ3v) is 6.73. The zero-order valence-electron chi connectivity index (χ0n) is 18.3. The maximum Gasteiger partial charge on any atom is 0.255 e. The number of benzene rings is 2. The average Bonchev–Trinajstić information content (AvgIpc) is 3.13. The van der Waals surface area contributed by atoms with E-state index in [1.165, 1.54) is 5.56 Å². The summed E-state index contributed by atoms with van der Waals surface area (Å²) in [5.74, 6) is 1.46. The van der Waals surface area contributed by atoms with Gasteiger partial charge in [-0.1, -0.05) is 19.9 Å². The molecular formula is C24H30N2O3S. The summed E-state index contributed by atoms with van der Waals surface area (Å²) < 4.78 is 5.20. The fourth-order valence-corrected chi connectivity index (χ4v) is 5.19. The molecule has 0 aromatic heterocycles. The van der Waals surface area contributed by atoms with Gasteiger partial charge in [0.15, 0.2) is 0 Å². The van der Waals surface area contributed by atoms with Gasteiger partial charge >= 0.3 is 0 Å². The van der Waals surface area contributed by atoms with Crippen LogP contribution in [0.3, 0.4) is 0 Å². The van der Waals surface area contributed by atoms with Gasteiger partial charge < -0.3 is 15.0 Å². The molecule has 3 rings (SSSR count). The highest BCUT2D eigenvalue weighted by molar-refractivity contribution is 8.00. The molecule has 1 aliphatic heterocycles. The maximum atomic E-state index is 13.4. The molecule has 160 valence electrons. The average molecular weight is 427 g/mol. The number of carbonyl (C=O) groups excluding carboxylic acids is 2. The summed E-state index contributed by atoms with van der Waals surface area (Å²) in [5, 5.41) is 3.00. The largest absolute Gasteiger partial charge is 0.497 e. The molecule has 2 atom stereocenters. The highest BCUT2D eigenvalue weighted by Gasteiger charge is 2.42. The molecule has 2 unspecified atom stereocenters. The van der Waals surface area contributed by atoms with Gasteiger partial charge in [-0.3, -0.25) is 9.59 Å². The zero-order chi connectivity index (χ0) is 21.8. The number of nitrogens with zero attached hydrogens (tertiary/aromatic N) is 1. The molecule has 1 saturated heterocycles. The minimum absolute atomic E-state index is 0.0184. The van der Waals surface area contributed by atoms with Gasteiger partial charge in [-0.25, -0.2) is 0 Å². The second-order valence-corrected chi connectivity index (χ2v) is 9.37. The van der Waals surface area contributed by atoms with Crippen molar-refractivity contribution in [3.8, 4) is 5.75 Å². The van der Waals surface area contributed by atoms with Crippen LogP contribution in [0, 0.1) is 19.8 Å². The van der Waals surface area contributed by atoms with Crippen LogP contribution < -0.4 is 10.1 Å². The summed E-state index contributed by atoms with van der Waals surface area (Å²) in [6, 6.07) is 12.4. The first-order valence-electron chi connectivity index (χ1n) is 10.3. The third kappa shape index (κ3) is 4.98. The van der Waals surface area contributed by atoms with Gasteiger partial charge in [0.25, 0.3) is 5.91 Å². The van der Waals surface area contributed by atoms with Crippen molar-refractivity contribution in [2.45, 2.75) is 45.5 Å². The number of aryl methyl sites for hydroxylation is 2. The summed E-state index contributed by atoms with van der Waals surface area (Å²) in [4.78, 5) is 28.3. The van der Waals surface area contributed by atoms with Crippen LogP contribution in [-0.2, 0) is 4.79 Å². The molecule has 6 heteroatoms. The van der Waals surface area contributed by atoms with Crippen LogP contribution in [0.15, 0.2) is 42.5 Å². The van der Waals surface area contributed by atoms with E-state index < -0.39 is 6.04 Å². The molecular weight excluding hydrogens is 396 g/mol. The van der Waals surface area contributed by atoms with Crippen molar-refractivity contribution in [2.24, 2.45) is 5.92 Å². The minimum atomic E-state index is -0.505. The standard InChI is InChI=1S/C24H30N2O3S/c1-15(2)12-22-26(24(28)18-7-10-20(29-5)11-8-18)21(14-30-22)23(27)25-19-9-6-16(3)17(4)13-19/h6-11,13,15,21-22H,12,14H2,1-5H3,(H,25,27). The van der Waals surface area contributed by atoms with Crippen LogP contribution in [0.2, 0.25) is 0 Å². The summed E-state index contributed by atoms with van der Waals surface area (Å²) in [6.07, 6.45) is 0.847. The molecule has 1 heterocycles. The lowest BCUT2D eigenvalue weighted by Gasteiger charge is -2.30. The normalized spacial score (nSPS) is 18.5. The van der Waals surface area contributed by atoms with Crippen LogP contribution in [0.5, 0.6) is 5.75 Å². The number of rotatable bonds is 6. The fraction of sp³-hybridized carbons (Fsp3) is 0.417. The number of methoxy groups -OCH3 is 1. The van der Waals surface area contributed by atoms with Gasteiger partial charge in [0.05, 0.1) is 12.5 Å². The van der Waals surface area contributed by atoms with Gasteiger partial charge in [0, 0.05) is 17.0 Å². The van der Waals surface area contributed by atoms with Crippen molar-refractivity contribution in [2.75, 3.05) is 18.2 Å². The lowest BCUT2D eigenvalue weighted by atomic mass is 10.1. The van der Waals surface area contributed by atoms with E-state index in [4.69, 9.17) is 4.74 Å². The number of ether oxygens (including phenoxy) is 1. The van der Waals surface area contributed by atoms with Crippen molar-refractivity contribution < 1.29 is 14.3 Å². The third-order valence-electron chi connectivity index (χ3n) is 5.41. The lowest BCUT2D eigenvalue weighted by Crippen LogP contribution is -2.48. The number of carbonyl (C=O) groups is 2. The summed E-state index contributed by atoms with van der Waals surface area (Å²) in [5.41, 5.74) is 3.63. The number of amides is 2. The van der Waals surface area contributed by atoms with E-state index in [0.29, 0.717) is 23.0 Å². The topological polar surface area (TPSA) is 58.6 Å². The van der Waals surface area contributed by atoms with Gasteiger partial charge in [0.1, 0.15) is 11.8 Å². The molecule has 30 heavy (non-hydrogen) atoms. The molecule has 1 fully saturated rings. The predicted octanol–water partition coefficient (Wildman–Crippen LogP) is 4.88. The molecule has 2 aromatic carbocycles. The molecule has 0 saturated carbocycles. The monoisotopic (exact) mass is 426 g/mol. The first kappa shape index (κ1) is 22.2. The van der Waals surface area contributed by atoms with Gasteiger partial charge in [-0.15, -0.1) is 11.8 Å². The summed E-state index contributed by atoms with van der Waals surface area (Å²) in [6.45, 7) is 8.34. The van der Waals surface area contributed by atoms with Gasteiger partial charge in [0.2, 0.25) is 5.91 Å². The highest BCUT2D eigenvalue weighted by atomic mass is 32.2. The quantitative estimate of drug-likeness (QED) is 0.715. The zero-order valence-corrected chi connectivity index (χ0v) is 19.1. The van der Waals surface area contributed by atoms with E-state index in [9.17, 15) is 9.59 Å². The molecule has 0 aliphatic carbocycles. The highest BCUT2D eigenvalue weighted by Crippen LogP contribution is 2.35. The molecule has 0 bridgehead atoms. The maximum absolute atomic E-state index is 13.4. The molecule has 5 nitrogen and oxygen atoms in total. The molecule has 1 aliphatic rings. The predicted molar refractivity (Wildman–Crippen MR) is 123 cm³/mol. The Morgan fingerprint density at radius 2 is 1.83 bits per heavy atom. The first-order valence-corrected chi connectivity index (χ1v) is 11.3. The summed E-state index contributed by atoms with van der Waals surface area (Å²) in [7, 11) is 1.60. The van der Waals surface area contributed by atoms with E-state index in [1.807, 2.05) is 32.0 Å². The van der Waals surface area contributed by atoms with Gasteiger partial charge in [-0.05, 0) is 73.7 Å².